The van der Waals surface area contributed by atoms with Gasteiger partial charge in [-0.05, 0) is 52.9 Å². The fourth-order valence-electron chi connectivity index (χ4n) is 3.98. The summed E-state index contributed by atoms with van der Waals surface area (Å²) >= 11 is 0. The van der Waals surface area contributed by atoms with Crippen LogP contribution in [0, 0.1) is 17.8 Å². The first-order valence-electron chi connectivity index (χ1n) is 7.45. The maximum absolute atomic E-state index is 12.8. The molecular formula is C16H28O2. The van der Waals surface area contributed by atoms with E-state index in [1.54, 1.807) is 0 Å². The topological polar surface area (TPSA) is 26.3 Å². The Hall–Kier alpha value is -0.370. The summed E-state index contributed by atoms with van der Waals surface area (Å²) in [5.74, 6) is 1.56. The molecule has 2 nitrogen and oxygen atoms in total. The van der Waals surface area contributed by atoms with Crippen molar-refractivity contribution < 1.29 is 9.53 Å². The van der Waals surface area contributed by atoms with E-state index in [1.165, 1.54) is 12.8 Å². The minimum atomic E-state index is -0.290. The van der Waals surface area contributed by atoms with Gasteiger partial charge in [0, 0.05) is 11.8 Å². The first-order chi connectivity index (χ1) is 8.21. The molecule has 3 unspecified atom stereocenters. The van der Waals surface area contributed by atoms with Crippen molar-refractivity contribution in [3.05, 3.63) is 0 Å². The smallest absolute Gasteiger partial charge is 0.142 e. The molecule has 0 bridgehead atoms. The van der Waals surface area contributed by atoms with Crippen LogP contribution in [0.5, 0.6) is 0 Å². The lowest BCUT2D eigenvalue weighted by molar-refractivity contribution is -0.134. The van der Waals surface area contributed by atoms with Crippen LogP contribution < -0.4 is 0 Å². The number of ether oxygens (including phenoxy) is 1. The minimum Gasteiger partial charge on any atom is -0.369 e. The first kappa shape index (κ1) is 14.0. The molecular weight excluding hydrogens is 224 g/mol. The number of carbonyl (C=O) groups is 1. The molecule has 0 N–H and O–H groups in total. The van der Waals surface area contributed by atoms with Gasteiger partial charge in [-0.25, -0.2) is 0 Å². The Bertz CT molecular complexity index is 330. The van der Waals surface area contributed by atoms with Gasteiger partial charge in [0.1, 0.15) is 5.78 Å². The van der Waals surface area contributed by atoms with Crippen molar-refractivity contribution >= 4 is 5.78 Å². The maximum Gasteiger partial charge on any atom is 0.142 e. The van der Waals surface area contributed by atoms with E-state index < -0.39 is 0 Å². The quantitative estimate of drug-likeness (QED) is 0.743. The molecule has 0 aromatic heterocycles. The zero-order valence-corrected chi connectivity index (χ0v) is 12.6. The Kier molecular flexibility index (Phi) is 3.61. The molecule has 0 aromatic carbocycles. The second kappa shape index (κ2) is 4.63. The van der Waals surface area contributed by atoms with Crippen molar-refractivity contribution in [2.75, 3.05) is 0 Å². The fraction of sp³-hybridized carbons (Fsp3) is 0.938. The van der Waals surface area contributed by atoms with Crippen molar-refractivity contribution in [3.63, 3.8) is 0 Å². The Labute approximate surface area is 111 Å². The summed E-state index contributed by atoms with van der Waals surface area (Å²) in [6.07, 6.45) is 5.57. The third kappa shape index (κ3) is 2.79. The number of Topliss-reactive ketones (excluding diaryl/α,β-unsaturated/α-hetero) is 1. The molecule has 1 saturated carbocycles. The van der Waals surface area contributed by atoms with Crippen LogP contribution in [-0.2, 0) is 9.53 Å². The molecule has 3 atom stereocenters. The highest BCUT2D eigenvalue weighted by molar-refractivity contribution is 5.85. The molecule has 0 aromatic rings. The van der Waals surface area contributed by atoms with E-state index >= 15 is 0 Å². The largest absolute Gasteiger partial charge is 0.369 e. The Morgan fingerprint density at radius 1 is 1.17 bits per heavy atom. The molecule has 1 heterocycles. The average molecular weight is 252 g/mol. The van der Waals surface area contributed by atoms with E-state index in [-0.39, 0.29) is 23.0 Å². The molecule has 2 heteroatoms. The van der Waals surface area contributed by atoms with E-state index in [1.807, 2.05) is 0 Å². The molecule has 18 heavy (non-hydrogen) atoms. The fourth-order valence-corrected chi connectivity index (χ4v) is 3.98. The lowest BCUT2D eigenvalue weighted by Gasteiger charge is -2.32. The number of hydrogen-bond donors (Lipinski definition) is 0. The molecule has 0 radical (unpaired) electrons. The van der Waals surface area contributed by atoms with Crippen LogP contribution in [0.15, 0.2) is 0 Å². The van der Waals surface area contributed by atoms with E-state index in [0.29, 0.717) is 11.7 Å². The molecule has 2 fully saturated rings. The molecule has 1 saturated heterocycles. The van der Waals surface area contributed by atoms with Gasteiger partial charge in [-0.1, -0.05) is 19.8 Å². The molecule has 0 amide bonds. The van der Waals surface area contributed by atoms with Crippen molar-refractivity contribution in [2.45, 2.75) is 77.9 Å². The molecule has 2 rings (SSSR count). The Morgan fingerprint density at radius 3 is 2.33 bits per heavy atom. The lowest BCUT2D eigenvalue weighted by Crippen LogP contribution is -2.38. The molecule has 2 aliphatic rings. The average Bonchev–Trinajstić information content (AvgIpc) is 2.45. The molecule has 1 aliphatic heterocycles. The van der Waals surface area contributed by atoms with Gasteiger partial charge in [0.2, 0.25) is 0 Å². The highest BCUT2D eigenvalue weighted by Crippen LogP contribution is 2.45. The predicted molar refractivity (Wildman–Crippen MR) is 73.5 cm³/mol. The minimum absolute atomic E-state index is 0.0859. The van der Waals surface area contributed by atoms with Crippen LogP contribution in [0.25, 0.3) is 0 Å². The van der Waals surface area contributed by atoms with Crippen LogP contribution in [0.3, 0.4) is 0 Å². The summed E-state index contributed by atoms with van der Waals surface area (Å²) in [4.78, 5) is 12.8. The van der Waals surface area contributed by atoms with Gasteiger partial charge in [0.25, 0.3) is 0 Å². The van der Waals surface area contributed by atoms with Crippen molar-refractivity contribution in [1.82, 2.24) is 0 Å². The van der Waals surface area contributed by atoms with E-state index in [0.717, 1.165) is 19.3 Å². The highest BCUT2D eigenvalue weighted by atomic mass is 16.5. The number of carbonyl (C=O) groups excluding carboxylic acids is 1. The van der Waals surface area contributed by atoms with Gasteiger partial charge >= 0.3 is 0 Å². The molecule has 1 aliphatic carbocycles. The number of rotatable bonds is 2. The monoisotopic (exact) mass is 252 g/mol. The van der Waals surface area contributed by atoms with E-state index in [9.17, 15) is 4.79 Å². The molecule has 0 spiro atoms. The van der Waals surface area contributed by atoms with Gasteiger partial charge < -0.3 is 4.74 Å². The standard InChI is InChI=1S/C16H28O2/c1-11-7-6-8-12(9-11)14(17)13-10-15(2,3)18-16(13,4)5/h11-13H,6-10H2,1-5H3. The van der Waals surface area contributed by atoms with Gasteiger partial charge in [-0.15, -0.1) is 0 Å². The summed E-state index contributed by atoms with van der Waals surface area (Å²) in [7, 11) is 0. The first-order valence-corrected chi connectivity index (χ1v) is 7.45. The summed E-state index contributed by atoms with van der Waals surface area (Å²) in [6, 6.07) is 0. The summed E-state index contributed by atoms with van der Waals surface area (Å²) in [6.45, 7) is 10.6. The summed E-state index contributed by atoms with van der Waals surface area (Å²) < 4.78 is 6.07. The summed E-state index contributed by atoms with van der Waals surface area (Å²) in [5, 5.41) is 0. The number of hydrogen-bond acceptors (Lipinski definition) is 2. The Morgan fingerprint density at radius 2 is 1.83 bits per heavy atom. The zero-order valence-electron chi connectivity index (χ0n) is 12.6. The van der Waals surface area contributed by atoms with Gasteiger partial charge in [-0.2, -0.15) is 0 Å². The zero-order chi connectivity index (χ0) is 13.6. The van der Waals surface area contributed by atoms with Crippen LogP contribution >= 0.6 is 0 Å². The van der Waals surface area contributed by atoms with Gasteiger partial charge in [0.15, 0.2) is 0 Å². The number of ketones is 1. The van der Waals surface area contributed by atoms with Crippen LogP contribution in [0.4, 0.5) is 0 Å². The van der Waals surface area contributed by atoms with Crippen molar-refractivity contribution in [3.8, 4) is 0 Å². The normalized spacial score (nSPS) is 38.6. The van der Waals surface area contributed by atoms with E-state index in [2.05, 4.69) is 34.6 Å². The second-order valence-corrected chi connectivity index (χ2v) is 7.59. The Balaban J connectivity index is 2.09. The van der Waals surface area contributed by atoms with Crippen LogP contribution in [-0.4, -0.2) is 17.0 Å². The lowest BCUT2D eigenvalue weighted by atomic mass is 9.73. The SMILES string of the molecule is CC1CCCC(C(=O)C2CC(C)(C)OC2(C)C)C1. The maximum atomic E-state index is 12.8. The van der Waals surface area contributed by atoms with Crippen LogP contribution in [0.1, 0.15) is 66.7 Å². The van der Waals surface area contributed by atoms with Gasteiger partial charge in [-0.3, -0.25) is 4.79 Å². The second-order valence-electron chi connectivity index (χ2n) is 7.59. The van der Waals surface area contributed by atoms with E-state index in [4.69, 9.17) is 4.74 Å². The predicted octanol–water partition coefficient (Wildman–Crippen LogP) is 3.98. The van der Waals surface area contributed by atoms with Crippen molar-refractivity contribution in [1.29, 1.82) is 0 Å². The third-order valence-corrected chi connectivity index (χ3v) is 4.76. The highest BCUT2D eigenvalue weighted by Gasteiger charge is 2.50. The third-order valence-electron chi connectivity index (χ3n) is 4.76. The van der Waals surface area contributed by atoms with Crippen molar-refractivity contribution in [2.24, 2.45) is 17.8 Å². The summed E-state index contributed by atoms with van der Waals surface area (Å²) in [5.41, 5.74) is -0.439. The molecule has 104 valence electrons. The van der Waals surface area contributed by atoms with Crippen LogP contribution in [0.2, 0.25) is 0 Å². The van der Waals surface area contributed by atoms with Gasteiger partial charge in [0.05, 0.1) is 11.2 Å².